The van der Waals surface area contributed by atoms with Gasteiger partial charge in [0.2, 0.25) is 0 Å². The van der Waals surface area contributed by atoms with E-state index in [0.717, 1.165) is 4.47 Å². The number of aryl methyl sites for hydroxylation is 1. The second-order valence-corrected chi connectivity index (χ2v) is 7.17. The first kappa shape index (κ1) is 15.2. The van der Waals surface area contributed by atoms with Crippen molar-refractivity contribution in [3.05, 3.63) is 51.5 Å². The highest BCUT2D eigenvalue weighted by Gasteiger charge is 2.20. The summed E-state index contributed by atoms with van der Waals surface area (Å²) in [6.07, 6.45) is 0. The molecule has 106 valence electrons. The Morgan fingerprint density at radius 2 is 1.95 bits per heavy atom. The fourth-order valence-corrected chi connectivity index (χ4v) is 4.03. The summed E-state index contributed by atoms with van der Waals surface area (Å²) in [4.78, 5) is 0.0685. The summed E-state index contributed by atoms with van der Waals surface area (Å²) >= 11 is 9.28. The van der Waals surface area contributed by atoms with Gasteiger partial charge in [-0.05, 0) is 36.8 Å². The van der Waals surface area contributed by atoms with E-state index in [1.54, 1.807) is 43.3 Å². The zero-order valence-corrected chi connectivity index (χ0v) is 13.7. The largest absolute Gasteiger partial charge is 0.398 e. The Labute approximate surface area is 131 Å². The van der Waals surface area contributed by atoms with Gasteiger partial charge in [0.15, 0.2) is 0 Å². The predicted molar refractivity (Wildman–Crippen MR) is 85.6 cm³/mol. The van der Waals surface area contributed by atoms with Crippen molar-refractivity contribution in [1.29, 1.82) is 0 Å². The molecule has 0 amide bonds. The van der Waals surface area contributed by atoms with Crippen molar-refractivity contribution in [1.82, 2.24) is 0 Å². The monoisotopic (exact) mass is 374 g/mol. The maximum atomic E-state index is 12.4. The minimum absolute atomic E-state index is 0.0685. The molecule has 0 aliphatic heterocycles. The molecular weight excluding hydrogens is 364 g/mol. The Hall–Kier alpha value is -1.24. The maximum Gasteiger partial charge on any atom is 0.264 e. The molecular formula is C13H12BrClN2O2S. The summed E-state index contributed by atoms with van der Waals surface area (Å²) in [5.74, 6) is 0. The lowest BCUT2D eigenvalue weighted by Crippen LogP contribution is -2.16. The number of rotatable bonds is 3. The lowest BCUT2D eigenvalue weighted by Gasteiger charge is -2.13. The molecule has 0 aliphatic rings. The van der Waals surface area contributed by atoms with Gasteiger partial charge in [-0.3, -0.25) is 4.72 Å². The third-order valence-electron chi connectivity index (χ3n) is 2.69. The van der Waals surface area contributed by atoms with Gasteiger partial charge >= 0.3 is 0 Å². The molecule has 0 unspecified atom stereocenters. The fourth-order valence-electron chi connectivity index (χ4n) is 1.81. The first-order valence-electron chi connectivity index (χ1n) is 5.64. The van der Waals surface area contributed by atoms with Crippen molar-refractivity contribution in [2.45, 2.75) is 11.8 Å². The van der Waals surface area contributed by atoms with Gasteiger partial charge in [0.25, 0.3) is 10.0 Å². The van der Waals surface area contributed by atoms with Crippen molar-refractivity contribution in [2.75, 3.05) is 10.5 Å². The van der Waals surface area contributed by atoms with Gasteiger partial charge in [-0.15, -0.1) is 0 Å². The summed E-state index contributed by atoms with van der Waals surface area (Å²) in [6.45, 7) is 1.69. The standard InChI is InChI=1S/C13H12BrClN2O2S/c1-8-3-2-4-11(16)13(8)20(18,19)17-12-6-5-9(14)7-10(12)15/h2-7,17H,16H2,1H3. The van der Waals surface area contributed by atoms with E-state index in [9.17, 15) is 8.42 Å². The Kier molecular flexibility index (Phi) is 4.27. The number of sulfonamides is 1. The first-order valence-corrected chi connectivity index (χ1v) is 8.29. The average Bonchev–Trinajstić information content (AvgIpc) is 2.32. The van der Waals surface area contributed by atoms with Gasteiger partial charge in [0.1, 0.15) is 4.90 Å². The molecule has 0 saturated heterocycles. The highest BCUT2D eigenvalue weighted by molar-refractivity contribution is 9.10. The number of hydrogen-bond donors (Lipinski definition) is 2. The smallest absolute Gasteiger partial charge is 0.264 e. The lowest BCUT2D eigenvalue weighted by atomic mass is 10.2. The highest BCUT2D eigenvalue weighted by atomic mass is 79.9. The molecule has 7 heteroatoms. The van der Waals surface area contributed by atoms with Crippen LogP contribution in [0.3, 0.4) is 0 Å². The Morgan fingerprint density at radius 1 is 1.25 bits per heavy atom. The van der Waals surface area contributed by atoms with Crippen LogP contribution in [0.2, 0.25) is 5.02 Å². The molecule has 0 radical (unpaired) electrons. The second kappa shape index (κ2) is 5.63. The average molecular weight is 376 g/mol. The molecule has 0 heterocycles. The van der Waals surface area contributed by atoms with Crippen LogP contribution in [0.5, 0.6) is 0 Å². The molecule has 4 nitrogen and oxygen atoms in total. The van der Waals surface area contributed by atoms with Crippen molar-refractivity contribution in [3.63, 3.8) is 0 Å². The third kappa shape index (κ3) is 3.08. The van der Waals surface area contributed by atoms with E-state index in [-0.39, 0.29) is 10.6 Å². The lowest BCUT2D eigenvalue weighted by molar-refractivity contribution is 0.601. The highest BCUT2D eigenvalue weighted by Crippen LogP contribution is 2.30. The van der Waals surface area contributed by atoms with Crippen molar-refractivity contribution >= 4 is 48.9 Å². The van der Waals surface area contributed by atoms with E-state index in [1.807, 2.05) is 0 Å². The third-order valence-corrected chi connectivity index (χ3v) is 5.08. The zero-order valence-electron chi connectivity index (χ0n) is 10.5. The summed E-state index contributed by atoms with van der Waals surface area (Å²) in [5.41, 5.74) is 6.84. The molecule has 0 aromatic heterocycles. The second-order valence-electron chi connectivity index (χ2n) is 4.22. The van der Waals surface area contributed by atoms with E-state index < -0.39 is 10.0 Å². The van der Waals surface area contributed by atoms with Gasteiger partial charge in [-0.2, -0.15) is 0 Å². The number of nitrogens with one attached hydrogen (secondary N) is 1. The Morgan fingerprint density at radius 3 is 2.55 bits per heavy atom. The SMILES string of the molecule is Cc1cccc(N)c1S(=O)(=O)Nc1ccc(Br)cc1Cl. The molecule has 3 N–H and O–H groups in total. The van der Waals surface area contributed by atoms with Crippen LogP contribution in [0.15, 0.2) is 45.8 Å². The fraction of sp³-hybridized carbons (Fsp3) is 0.0769. The molecule has 2 rings (SSSR count). The molecule has 0 bridgehead atoms. The summed E-state index contributed by atoms with van der Waals surface area (Å²) in [6, 6.07) is 9.83. The van der Waals surface area contributed by atoms with Crippen molar-refractivity contribution in [2.24, 2.45) is 0 Å². The summed E-state index contributed by atoms with van der Waals surface area (Å²) in [7, 11) is -3.78. The van der Waals surface area contributed by atoms with Crippen molar-refractivity contribution in [3.8, 4) is 0 Å². The minimum Gasteiger partial charge on any atom is -0.398 e. The molecule has 0 fully saturated rings. The van der Waals surface area contributed by atoms with E-state index >= 15 is 0 Å². The Bertz CT molecular complexity index is 743. The van der Waals surface area contributed by atoms with Crippen LogP contribution in [0.25, 0.3) is 0 Å². The van der Waals surface area contributed by atoms with Crippen LogP contribution in [0.4, 0.5) is 11.4 Å². The number of halogens is 2. The van der Waals surface area contributed by atoms with Gasteiger partial charge < -0.3 is 5.73 Å². The summed E-state index contributed by atoms with van der Waals surface area (Å²) < 4.78 is 28.1. The normalized spacial score (nSPS) is 11.3. The van der Waals surface area contributed by atoms with Gasteiger partial charge in [0.05, 0.1) is 16.4 Å². The van der Waals surface area contributed by atoms with Crippen LogP contribution < -0.4 is 10.5 Å². The summed E-state index contributed by atoms with van der Waals surface area (Å²) in [5, 5.41) is 0.301. The molecule has 2 aromatic carbocycles. The molecule has 2 aromatic rings. The van der Waals surface area contributed by atoms with Gasteiger partial charge in [-0.25, -0.2) is 8.42 Å². The molecule has 0 atom stereocenters. The van der Waals surface area contributed by atoms with Crippen LogP contribution in [0, 0.1) is 6.92 Å². The minimum atomic E-state index is -3.78. The Balaban J connectivity index is 2.46. The van der Waals surface area contributed by atoms with E-state index in [1.165, 1.54) is 0 Å². The topological polar surface area (TPSA) is 72.2 Å². The molecule has 0 aliphatic carbocycles. The maximum absolute atomic E-state index is 12.4. The van der Waals surface area contributed by atoms with Crippen LogP contribution >= 0.6 is 27.5 Å². The van der Waals surface area contributed by atoms with Crippen molar-refractivity contribution < 1.29 is 8.42 Å². The van der Waals surface area contributed by atoms with Crippen LogP contribution in [0.1, 0.15) is 5.56 Å². The number of benzene rings is 2. The van der Waals surface area contributed by atoms with Crippen LogP contribution in [-0.4, -0.2) is 8.42 Å². The number of nitrogens with two attached hydrogens (primary N) is 1. The molecule has 0 saturated carbocycles. The number of nitrogen functional groups attached to an aromatic ring is 1. The first-order chi connectivity index (χ1) is 9.31. The van der Waals surface area contributed by atoms with Gasteiger partial charge in [-0.1, -0.05) is 39.7 Å². The van der Waals surface area contributed by atoms with Crippen LogP contribution in [-0.2, 0) is 10.0 Å². The quantitative estimate of drug-likeness (QED) is 0.802. The number of anilines is 2. The van der Waals surface area contributed by atoms with Gasteiger partial charge in [0, 0.05) is 4.47 Å². The molecule has 20 heavy (non-hydrogen) atoms. The molecule has 0 spiro atoms. The predicted octanol–water partition coefficient (Wildman–Crippen LogP) is 3.79. The van der Waals surface area contributed by atoms with E-state index in [4.69, 9.17) is 17.3 Å². The number of hydrogen-bond acceptors (Lipinski definition) is 3. The zero-order chi connectivity index (χ0) is 14.9. The van der Waals surface area contributed by atoms with E-state index in [0.29, 0.717) is 16.3 Å². The van der Waals surface area contributed by atoms with E-state index in [2.05, 4.69) is 20.7 Å².